The average Bonchev–Trinajstić information content (AvgIpc) is 3.09. The number of hydrogen-bond acceptors (Lipinski definition) is 1. The number of aliphatic hydroxyl groups is 1. The molecule has 6 unspecified atom stereocenters. The Bertz CT molecular complexity index is 663. The van der Waals surface area contributed by atoms with E-state index in [9.17, 15) is 5.11 Å². The van der Waals surface area contributed by atoms with Crippen LogP contribution in [0.5, 0.6) is 0 Å². The minimum absolute atomic E-state index is 0.0422. The molecule has 0 aromatic carbocycles. The topological polar surface area (TPSA) is 20.2 Å². The van der Waals surface area contributed by atoms with Gasteiger partial charge in [-0.2, -0.15) is 0 Å². The third-order valence-corrected chi connectivity index (χ3v) is 11.8. The van der Waals surface area contributed by atoms with Crippen LogP contribution in [0.1, 0.15) is 113 Å². The molecule has 0 radical (unpaired) electrons. The van der Waals surface area contributed by atoms with Crippen molar-refractivity contribution < 1.29 is 5.11 Å². The Kier molecular flexibility index (Phi) is 6.78. The highest BCUT2D eigenvalue weighted by Crippen LogP contribution is 2.67. The van der Waals surface area contributed by atoms with Crippen LogP contribution in [0.2, 0.25) is 0 Å². The van der Waals surface area contributed by atoms with E-state index in [0.717, 1.165) is 60.2 Å². The van der Waals surface area contributed by atoms with E-state index in [1.54, 1.807) is 0 Å². The van der Waals surface area contributed by atoms with Crippen molar-refractivity contribution in [3.63, 3.8) is 0 Å². The van der Waals surface area contributed by atoms with E-state index in [2.05, 4.69) is 54.5 Å². The maximum absolute atomic E-state index is 10.3. The monoisotopic (exact) mass is 428 g/mol. The van der Waals surface area contributed by atoms with Gasteiger partial charge in [0.05, 0.1) is 6.10 Å². The maximum Gasteiger partial charge on any atom is 0.0543 e. The van der Waals surface area contributed by atoms with Crippen molar-refractivity contribution in [2.75, 3.05) is 0 Å². The van der Waals surface area contributed by atoms with Crippen LogP contribution in [0.15, 0.2) is 11.6 Å². The molecule has 0 amide bonds. The standard InChI is InChI=1S/C30H52O/c1-19(2)22(5)20(3)8-9-21(4)26-12-13-27-25-11-10-23-18-24(31)14-16-29(23,6)28(25)15-17-30(26,27)7/h11,19-24,26-28,31H,8-10,12-18H2,1-7H3/t20?,21?,22?,23?,24-,26+,27?,28?,29-,30+/m0/s1. The molecule has 31 heavy (non-hydrogen) atoms. The van der Waals surface area contributed by atoms with Crippen LogP contribution in [0.3, 0.4) is 0 Å². The summed E-state index contributed by atoms with van der Waals surface area (Å²) < 4.78 is 0. The van der Waals surface area contributed by atoms with Crippen LogP contribution in [0, 0.1) is 58.2 Å². The average molecular weight is 429 g/mol. The van der Waals surface area contributed by atoms with Crippen molar-refractivity contribution in [1.82, 2.24) is 0 Å². The lowest BCUT2D eigenvalue weighted by atomic mass is 9.47. The van der Waals surface area contributed by atoms with Crippen molar-refractivity contribution in [2.45, 2.75) is 119 Å². The van der Waals surface area contributed by atoms with Crippen molar-refractivity contribution in [3.8, 4) is 0 Å². The van der Waals surface area contributed by atoms with E-state index in [1.165, 1.54) is 51.4 Å². The first-order valence-corrected chi connectivity index (χ1v) is 14.0. The number of hydrogen-bond donors (Lipinski definition) is 1. The number of allylic oxidation sites excluding steroid dienone is 2. The van der Waals surface area contributed by atoms with Crippen LogP contribution < -0.4 is 0 Å². The smallest absolute Gasteiger partial charge is 0.0543 e. The van der Waals surface area contributed by atoms with Gasteiger partial charge in [0, 0.05) is 0 Å². The van der Waals surface area contributed by atoms with E-state index in [4.69, 9.17) is 0 Å². The molecule has 0 bridgehead atoms. The van der Waals surface area contributed by atoms with Gasteiger partial charge in [0.2, 0.25) is 0 Å². The fourth-order valence-corrected chi connectivity index (χ4v) is 9.11. The number of fused-ring (bicyclic) bond motifs is 5. The third kappa shape index (κ3) is 4.08. The third-order valence-electron chi connectivity index (χ3n) is 11.8. The van der Waals surface area contributed by atoms with Crippen molar-refractivity contribution in [2.24, 2.45) is 58.2 Å². The molecular weight excluding hydrogens is 376 g/mol. The quantitative estimate of drug-likeness (QED) is 0.422. The second kappa shape index (κ2) is 8.81. The molecule has 1 N–H and O–H groups in total. The summed E-state index contributed by atoms with van der Waals surface area (Å²) in [4.78, 5) is 0. The molecule has 4 rings (SSSR count). The summed E-state index contributed by atoms with van der Waals surface area (Å²) in [5.41, 5.74) is 2.86. The maximum atomic E-state index is 10.3. The largest absolute Gasteiger partial charge is 0.393 e. The Morgan fingerprint density at radius 1 is 0.903 bits per heavy atom. The molecule has 0 heterocycles. The molecule has 0 spiro atoms. The molecule has 0 saturated heterocycles. The Labute approximate surface area is 193 Å². The second-order valence-corrected chi connectivity index (χ2v) is 13.5. The molecule has 1 nitrogen and oxygen atoms in total. The molecule has 178 valence electrons. The highest BCUT2D eigenvalue weighted by atomic mass is 16.3. The molecule has 3 fully saturated rings. The first kappa shape index (κ1) is 23.8. The summed E-state index contributed by atoms with van der Waals surface area (Å²) in [6, 6.07) is 0. The molecule has 0 aromatic heterocycles. The molecule has 4 aliphatic rings. The molecule has 4 aliphatic carbocycles. The number of aliphatic hydroxyl groups excluding tert-OH is 1. The van der Waals surface area contributed by atoms with E-state index < -0.39 is 0 Å². The Balaban J connectivity index is 1.45. The van der Waals surface area contributed by atoms with Crippen LogP contribution in [-0.4, -0.2) is 11.2 Å². The van der Waals surface area contributed by atoms with Gasteiger partial charge in [-0.15, -0.1) is 0 Å². The normalized spacial score (nSPS) is 45.3. The molecule has 1 heteroatoms. The van der Waals surface area contributed by atoms with E-state index >= 15 is 0 Å². The number of rotatable bonds is 6. The highest BCUT2D eigenvalue weighted by molar-refractivity contribution is 5.27. The zero-order valence-corrected chi connectivity index (χ0v) is 21.8. The zero-order chi connectivity index (χ0) is 22.6. The second-order valence-electron chi connectivity index (χ2n) is 13.5. The summed E-state index contributed by atoms with van der Waals surface area (Å²) >= 11 is 0. The van der Waals surface area contributed by atoms with Gasteiger partial charge in [0.1, 0.15) is 0 Å². The van der Waals surface area contributed by atoms with Gasteiger partial charge in [0.25, 0.3) is 0 Å². The molecule has 0 aromatic rings. The lowest BCUT2D eigenvalue weighted by Crippen LogP contribution is -2.49. The summed E-state index contributed by atoms with van der Waals surface area (Å²) in [5.74, 6) is 6.64. The van der Waals surface area contributed by atoms with Gasteiger partial charge in [-0.3, -0.25) is 0 Å². The van der Waals surface area contributed by atoms with Gasteiger partial charge in [-0.1, -0.05) is 73.0 Å². The summed E-state index contributed by atoms with van der Waals surface area (Å²) in [6.07, 6.45) is 15.8. The van der Waals surface area contributed by atoms with Crippen LogP contribution in [-0.2, 0) is 0 Å². The molecule has 0 aliphatic heterocycles. The highest BCUT2D eigenvalue weighted by Gasteiger charge is 2.58. The van der Waals surface area contributed by atoms with Gasteiger partial charge in [-0.05, 0) is 110 Å². The lowest BCUT2D eigenvalue weighted by Gasteiger charge is -2.57. The van der Waals surface area contributed by atoms with Crippen molar-refractivity contribution >= 4 is 0 Å². The van der Waals surface area contributed by atoms with E-state index in [0.29, 0.717) is 10.8 Å². The fraction of sp³-hybridized carbons (Fsp3) is 0.933. The Hall–Kier alpha value is -0.300. The fourth-order valence-electron chi connectivity index (χ4n) is 9.11. The lowest BCUT2D eigenvalue weighted by molar-refractivity contribution is -0.0428. The first-order chi connectivity index (χ1) is 14.6. The Morgan fingerprint density at radius 3 is 2.29 bits per heavy atom. The summed E-state index contributed by atoms with van der Waals surface area (Å²) in [6.45, 7) is 17.6. The van der Waals surface area contributed by atoms with Crippen molar-refractivity contribution in [3.05, 3.63) is 11.6 Å². The van der Waals surface area contributed by atoms with Crippen LogP contribution in [0.25, 0.3) is 0 Å². The van der Waals surface area contributed by atoms with Crippen LogP contribution >= 0.6 is 0 Å². The minimum Gasteiger partial charge on any atom is -0.393 e. The van der Waals surface area contributed by atoms with E-state index in [-0.39, 0.29) is 6.10 Å². The summed E-state index contributed by atoms with van der Waals surface area (Å²) in [5, 5.41) is 10.3. The minimum atomic E-state index is -0.0422. The predicted octanol–water partition coefficient (Wildman–Crippen LogP) is 8.27. The van der Waals surface area contributed by atoms with Gasteiger partial charge in [-0.25, -0.2) is 0 Å². The van der Waals surface area contributed by atoms with Gasteiger partial charge < -0.3 is 5.11 Å². The molecule has 3 saturated carbocycles. The predicted molar refractivity (Wildman–Crippen MR) is 133 cm³/mol. The zero-order valence-electron chi connectivity index (χ0n) is 21.8. The van der Waals surface area contributed by atoms with Gasteiger partial charge >= 0.3 is 0 Å². The Morgan fingerprint density at radius 2 is 1.58 bits per heavy atom. The SMILES string of the molecule is CC(C)C(C)C(C)CCC(C)[C@H]1CCC2C3=CCC4C[C@@H](O)CC[C@]4(C)C3CC[C@@]21C. The first-order valence-electron chi connectivity index (χ1n) is 14.0. The summed E-state index contributed by atoms with van der Waals surface area (Å²) in [7, 11) is 0. The van der Waals surface area contributed by atoms with E-state index in [1.807, 2.05) is 5.57 Å². The van der Waals surface area contributed by atoms with Crippen molar-refractivity contribution in [1.29, 1.82) is 0 Å². The molecule has 10 atom stereocenters. The van der Waals surface area contributed by atoms with Gasteiger partial charge in [0.15, 0.2) is 0 Å². The van der Waals surface area contributed by atoms with Crippen LogP contribution in [0.4, 0.5) is 0 Å². The molecular formula is C30H52O.